The Morgan fingerprint density at radius 2 is 2.15 bits per heavy atom. The van der Waals surface area contributed by atoms with Crippen LogP contribution in [0.1, 0.15) is 32.6 Å². The van der Waals surface area contributed by atoms with Crippen molar-refractivity contribution in [2.24, 2.45) is 10.9 Å². The monoisotopic (exact) mass is 284 g/mol. The van der Waals surface area contributed by atoms with Crippen LogP contribution in [0, 0.1) is 0 Å². The molecule has 2 aliphatic rings. The number of oxime groups is 1. The van der Waals surface area contributed by atoms with Gasteiger partial charge < -0.3 is 15.7 Å². The lowest BCUT2D eigenvalue weighted by Gasteiger charge is -2.39. The first-order valence-electron chi connectivity index (χ1n) is 7.80. The molecule has 0 bridgehead atoms. The van der Waals surface area contributed by atoms with Crippen molar-refractivity contribution in [3.8, 4) is 0 Å². The molecule has 2 saturated heterocycles. The van der Waals surface area contributed by atoms with Gasteiger partial charge in [-0.05, 0) is 19.3 Å². The number of hydrogen-bond donors (Lipinski definition) is 2. The molecule has 6 nitrogen and oxygen atoms in total. The third kappa shape index (κ3) is 4.07. The molecule has 0 spiro atoms. The molecule has 0 aliphatic carbocycles. The van der Waals surface area contributed by atoms with Crippen molar-refractivity contribution in [3.05, 3.63) is 0 Å². The first kappa shape index (κ1) is 15.5. The van der Waals surface area contributed by atoms with Crippen molar-refractivity contribution < 1.29 is 9.94 Å². The van der Waals surface area contributed by atoms with Gasteiger partial charge in [-0.2, -0.15) is 0 Å². The molecule has 2 unspecified atom stereocenters. The van der Waals surface area contributed by atoms with E-state index in [1.807, 2.05) is 0 Å². The standard InChI is InChI=1S/C14H28N4O2/c1-2-4-13(14(15)16-19)18-8-6-17(7-9-18)11-12-5-3-10-20-12/h12-13,19H,2-11H2,1H3,(H2,15,16). The molecule has 0 amide bonds. The molecule has 0 aromatic carbocycles. The lowest BCUT2D eigenvalue weighted by atomic mass is 10.1. The Hall–Kier alpha value is -0.850. The Bertz CT molecular complexity index is 310. The first-order valence-corrected chi connectivity index (χ1v) is 7.80. The van der Waals surface area contributed by atoms with Gasteiger partial charge in [0.05, 0.1) is 12.1 Å². The highest BCUT2D eigenvalue weighted by Gasteiger charge is 2.27. The van der Waals surface area contributed by atoms with Crippen molar-refractivity contribution in [2.45, 2.75) is 44.8 Å². The summed E-state index contributed by atoms with van der Waals surface area (Å²) in [6, 6.07) is 0.0786. The fourth-order valence-corrected chi connectivity index (χ4v) is 3.19. The number of nitrogens with zero attached hydrogens (tertiary/aromatic N) is 3. The van der Waals surface area contributed by atoms with Crippen molar-refractivity contribution in [1.82, 2.24) is 9.80 Å². The summed E-state index contributed by atoms with van der Waals surface area (Å²) in [5, 5.41) is 12.1. The van der Waals surface area contributed by atoms with Crippen LogP contribution in [-0.2, 0) is 4.74 Å². The maximum Gasteiger partial charge on any atom is 0.156 e. The van der Waals surface area contributed by atoms with Gasteiger partial charge in [0.1, 0.15) is 0 Å². The van der Waals surface area contributed by atoms with Crippen LogP contribution < -0.4 is 5.73 Å². The highest BCUT2D eigenvalue weighted by Crippen LogP contribution is 2.16. The molecular formula is C14H28N4O2. The Balaban J connectivity index is 1.79. The van der Waals surface area contributed by atoms with E-state index in [1.165, 1.54) is 12.8 Å². The van der Waals surface area contributed by atoms with E-state index in [1.54, 1.807) is 0 Å². The summed E-state index contributed by atoms with van der Waals surface area (Å²) in [4.78, 5) is 4.81. The van der Waals surface area contributed by atoms with Gasteiger partial charge in [0.15, 0.2) is 5.84 Å². The Labute approximate surface area is 121 Å². The second-order valence-electron chi connectivity index (χ2n) is 5.80. The second-order valence-corrected chi connectivity index (χ2v) is 5.80. The summed E-state index contributed by atoms with van der Waals surface area (Å²) < 4.78 is 5.70. The van der Waals surface area contributed by atoms with Crippen LogP contribution in [0.3, 0.4) is 0 Å². The Morgan fingerprint density at radius 1 is 1.40 bits per heavy atom. The number of hydrogen-bond acceptors (Lipinski definition) is 5. The lowest BCUT2D eigenvalue weighted by Crippen LogP contribution is -2.55. The normalized spacial score (nSPS) is 27.9. The minimum atomic E-state index is 0.0786. The summed E-state index contributed by atoms with van der Waals surface area (Å²) in [5.41, 5.74) is 5.83. The minimum absolute atomic E-state index is 0.0786. The SMILES string of the molecule is CCCC(C(N)=NO)N1CCN(CC2CCCO2)CC1. The molecule has 0 aromatic heterocycles. The third-order valence-electron chi connectivity index (χ3n) is 4.35. The molecule has 0 saturated carbocycles. The number of piperazine rings is 1. The maximum atomic E-state index is 8.91. The van der Waals surface area contributed by atoms with Gasteiger partial charge in [0.2, 0.25) is 0 Å². The molecule has 0 radical (unpaired) electrons. The van der Waals surface area contributed by atoms with Gasteiger partial charge in [-0.1, -0.05) is 18.5 Å². The summed E-state index contributed by atoms with van der Waals surface area (Å²) >= 11 is 0. The van der Waals surface area contributed by atoms with E-state index < -0.39 is 0 Å². The summed E-state index contributed by atoms with van der Waals surface area (Å²) in [6.45, 7) is 8.15. The largest absolute Gasteiger partial charge is 0.409 e. The topological polar surface area (TPSA) is 74.3 Å². The molecule has 116 valence electrons. The molecular weight excluding hydrogens is 256 g/mol. The molecule has 20 heavy (non-hydrogen) atoms. The fraction of sp³-hybridized carbons (Fsp3) is 0.929. The van der Waals surface area contributed by atoms with Gasteiger partial charge >= 0.3 is 0 Å². The third-order valence-corrected chi connectivity index (χ3v) is 4.35. The zero-order valence-electron chi connectivity index (χ0n) is 12.5. The van der Waals surface area contributed by atoms with Gasteiger partial charge in [-0.15, -0.1) is 0 Å². The van der Waals surface area contributed by atoms with Gasteiger partial charge in [0, 0.05) is 39.3 Å². The molecule has 6 heteroatoms. The van der Waals surface area contributed by atoms with Crippen LogP contribution in [0.4, 0.5) is 0 Å². The van der Waals surface area contributed by atoms with Crippen LogP contribution in [0.25, 0.3) is 0 Å². The van der Waals surface area contributed by atoms with E-state index >= 15 is 0 Å². The minimum Gasteiger partial charge on any atom is -0.409 e. The first-order chi connectivity index (χ1) is 9.74. The molecule has 2 rings (SSSR count). The van der Waals surface area contributed by atoms with Crippen molar-refractivity contribution in [2.75, 3.05) is 39.3 Å². The van der Waals surface area contributed by atoms with E-state index in [2.05, 4.69) is 21.9 Å². The smallest absolute Gasteiger partial charge is 0.156 e. The van der Waals surface area contributed by atoms with Crippen molar-refractivity contribution >= 4 is 5.84 Å². The lowest BCUT2D eigenvalue weighted by molar-refractivity contribution is 0.0455. The summed E-state index contributed by atoms with van der Waals surface area (Å²) in [6.07, 6.45) is 4.81. The number of amidine groups is 1. The molecule has 2 aliphatic heterocycles. The molecule has 2 fully saturated rings. The van der Waals surface area contributed by atoms with E-state index in [4.69, 9.17) is 15.7 Å². The molecule has 2 atom stereocenters. The van der Waals surface area contributed by atoms with Crippen LogP contribution in [-0.4, -0.2) is 72.3 Å². The quantitative estimate of drug-likeness (QED) is 0.325. The Kier molecular flexibility index (Phi) is 6.06. The Morgan fingerprint density at radius 3 is 2.70 bits per heavy atom. The molecule has 2 heterocycles. The number of nitrogens with two attached hydrogens (primary N) is 1. The van der Waals surface area contributed by atoms with E-state index in [0.29, 0.717) is 11.9 Å². The van der Waals surface area contributed by atoms with Crippen LogP contribution in [0.5, 0.6) is 0 Å². The summed E-state index contributed by atoms with van der Waals surface area (Å²) in [5.74, 6) is 0.347. The predicted octanol–water partition coefficient (Wildman–Crippen LogP) is 0.698. The van der Waals surface area contributed by atoms with E-state index in [-0.39, 0.29) is 6.04 Å². The van der Waals surface area contributed by atoms with E-state index in [9.17, 15) is 0 Å². The number of rotatable bonds is 6. The predicted molar refractivity (Wildman–Crippen MR) is 79.1 cm³/mol. The van der Waals surface area contributed by atoms with Gasteiger partial charge in [-0.25, -0.2) is 0 Å². The van der Waals surface area contributed by atoms with Crippen LogP contribution in [0.15, 0.2) is 5.16 Å². The highest BCUT2D eigenvalue weighted by molar-refractivity contribution is 5.85. The molecule has 3 N–H and O–H groups in total. The summed E-state index contributed by atoms with van der Waals surface area (Å²) in [7, 11) is 0. The number of ether oxygens (including phenoxy) is 1. The van der Waals surface area contributed by atoms with Crippen molar-refractivity contribution in [1.29, 1.82) is 0 Å². The van der Waals surface area contributed by atoms with Gasteiger partial charge in [-0.3, -0.25) is 9.80 Å². The molecule has 0 aromatic rings. The van der Waals surface area contributed by atoms with Crippen LogP contribution >= 0.6 is 0 Å². The zero-order valence-corrected chi connectivity index (χ0v) is 12.5. The van der Waals surface area contributed by atoms with Crippen molar-refractivity contribution in [3.63, 3.8) is 0 Å². The van der Waals surface area contributed by atoms with Gasteiger partial charge in [0.25, 0.3) is 0 Å². The average Bonchev–Trinajstić information content (AvgIpc) is 2.98. The second kappa shape index (κ2) is 7.81. The zero-order chi connectivity index (χ0) is 14.4. The fourth-order valence-electron chi connectivity index (χ4n) is 3.19. The van der Waals surface area contributed by atoms with Crippen LogP contribution in [0.2, 0.25) is 0 Å². The van der Waals surface area contributed by atoms with E-state index in [0.717, 1.165) is 52.2 Å². The average molecular weight is 284 g/mol. The maximum absolute atomic E-state index is 8.91. The highest BCUT2D eigenvalue weighted by atomic mass is 16.5.